The van der Waals surface area contributed by atoms with Gasteiger partial charge in [0.1, 0.15) is 0 Å². The maximum absolute atomic E-state index is 11.9. The summed E-state index contributed by atoms with van der Waals surface area (Å²) in [6, 6.07) is 4.84. The molecule has 1 aromatic rings. The molecule has 20 heavy (non-hydrogen) atoms. The molecule has 0 spiro atoms. The topological polar surface area (TPSA) is 66.5 Å². The van der Waals surface area contributed by atoms with Crippen LogP contribution in [0.5, 0.6) is 0 Å². The Labute approximate surface area is 133 Å². The van der Waals surface area contributed by atoms with Crippen LogP contribution in [0.25, 0.3) is 0 Å². The van der Waals surface area contributed by atoms with Crippen LogP contribution < -0.4 is 5.32 Å². The number of carbonyl (C=O) groups is 3. The van der Waals surface area contributed by atoms with E-state index in [9.17, 15) is 14.4 Å². The van der Waals surface area contributed by atoms with Crippen LogP contribution in [0.2, 0.25) is 5.02 Å². The summed E-state index contributed by atoms with van der Waals surface area (Å²) in [7, 11) is 0. The number of benzene rings is 1. The number of imide groups is 1. The Morgan fingerprint density at radius 3 is 2.80 bits per heavy atom. The zero-order valence-electron chi connectivity index (χ0n) is 10.2. The molecule has 2 rings (SSSR count). The van der Waals surface area contributed by atoms with Crippen molar-refractivity contribution in [1.82, 2.24) is 10.2 Å². The van der Waals surface area contributed by atoms with E-state index >= 15 is 0 Å². The number of amides is 3. The maximum atomic E-state index is 11.9. The first-order valence-electron chi connectivity index (χ1n) is 5.69. The molecule has 1 aliphatic heterocycles. The highest BCUT2D eigenvalue weighted by Gasteiger charge is 2.29. The molecule has 0 unspecified atom stereocenters. The predicted octanol–water partition coefficient (Wildman–Crippen LogP) is 2.53. The number of carbonyl (C=O) groups excluding carboxylic acids is 3. The molecule has 106 valence electrons. The van der Waals surface area contributed by atoms with Gasteiger partial charge in [-0.25, -0.2) is 0 Å². The van der Waals surface area contributed by atoms with Crippen LogP contribution in [0.1, 0.15) is 10.4 Å². The molecular weight excluding hydrogens is 368 g/mol. The van der Waals surface area contributed by atoms with Gasteiger partial charge in [0.05, 0.1) is 11.3 Å². The van der Waals surface area contributed by atoms with E-state index in [0.717, 1.165) is 16.7 Å². The molecule has 8 heteroatoms. The Morgan fingerprint density at radius 1 is 1.45 bits per heavy atom. The number of nitrogens with one attached hydrogen (secondary N) is 1. The second-order valence-electron chi connectivity index (χ2n) is 3.98. The van der Waals surface area contributed by atoms with Crippen molar-refractivity contribution in [3.63, 3.8) is 0 Å². The van der Waals surface area contributed by atoms with Gasteiger partial charge >= 0.3 is 0 Å². The molecule has 5 nitrogen and oxygen atoms in total. The Balaban J connectivity index is 1.89. The number of halogens is 2. The third-order valence-electron chi connectivity index (χ3n) is 2.64. The van der Waals surface area contributed by atoms with Crippen molar-refractivity contribution in [2.45, 2.75) is 0 Å². The Morgan fingerprint density at radius 2 is 2.20 bits per heavy atom. The van der Waals surface area contributed by atoms with E-state index in [4.69, 9.17) is 11.6 Å². The van der Waals surface area contributed by atoms with Gasteiger partial charge in [-0.15, -0.1) is 0 Å². The summed E-state index contributed by atoms with van der Waals surface area (Å²) in [5, 5.41) is 2.92. The molecule has 1 heterocycles. The van der Waals surface area contributed by atoms with Crippen LogP contribution in [0.3, 0.4) is 0 Å². The monoisotopic (exact) mass is 376 g/mol. The molecule has 0 aromatic heterocycles. The van der Waals surface area contributed by atoms with E-state index in [1.807, 2.05) is 0 Å². The van der Waals surface area contributed by atoms with Crippen LogP contribution in [0.4, 0.5) is 4.79 Å². The Kier molecular flexibility index (Phi) is 5.06. The fourth-order valence-electron chi connectivity index (χ4n) is 1.65. The summed E-state index contributed by atoms with van der Waals surface area (Å²) < 4.78 is 0.589. The lowest BCUT2D eigenvalue weighted by Crippen LogP contribution is -2.37. The van der Waals surface area contributed by atoms with Crippen molar-refractivity contribution in [3.8, 4) is 0 Å². The summed E-state index contributed by atoms with van der Waals surface area (Å²) in [5.74, 6) is -0.336. The van der Waals surface area contributed by atoms with Gasteiger partial charge in [0.25, 0.3) is 11.1 Å². The normalized spacial score (nSPS) is 14.8. The molecule has 0 saturated carbocycles. The van der Waals surface area contributed by atoms with Gasteiger partial charge < -0.3 is 5.32 Å². The second-order valence-corrected chi connectivity index (χ2v) is 6.20. The number of thioether (sulfide) groups is 1. The summed E-state index contributed by atoms with van der Waals surface area (Å²) in [6.07, 6.45) is 0. The number of rotatable bonds is 4. The number of hydrogen-bond acceptors (Lipinski definition) is 4. The molecular formula is C12H10BrClN2O3S. The van der Waals surface area contributed by atoms with Gasteiger partial charge in [0.2, 0.25) is 5.91 Å². The fraction of sp³-hybridized carbons (Fsp3) is 0.250. The first-order chi connectivity index (χ1) is 9.49. The van der Waals surface area contributed by atoms with Crippen molar-refractivity contribution in [3.05, 3.63) is 33.3 Å². The molecule has 1 aromatic carbocycles. The lowest BCUT2D eigenvalue weighted by Gasteiger charge is -2.13. The minimum atomic E-state index is -0.291. The zero-order valence-corrected chi connectivity index (χ0v) is 13.3. The lowest BCUT2D eigenvalue weighted by atomic mass is 10.2. The fourth-order valence-corrected chi connectivity index (χ4v) is 3.26. The summed E-state index contributed by atoms with van der Waals surface area (Å²) >= 11 is 10.0. The van der Waals surface area contributed by atoms with Crippen molar-refractivity contribution >= 4 is 56.3 Å². The molecule has 0 aliphatic carbocycles. The molecule has 0 bridgehead atoms. The molecule has 0 radical (unpaired) electrons. The highest BCUT2D eigenvalue weighted by atomic mass is 79.9. The van der Waals surface area contributed by atoms with Crippen LogP contribution in [-0.2, 0) is 4.79 Å². The van der Waals surface area contributed by atoms with Gasteiger partial charge in [0.15, 0.2) is 0 Å². The summed E-state index contributed by atoms with van der Waals surface area (Å²) in [5.41, 5.74) is 0.447. The minimum absolute atomic E-state index is 0.176. The van der Waals surface area contributed by atoms with E-state index in [1.54, 1.807) is 18.2 Å². The first kappa shape index (κ1) is 15.3. The van der Waals surface area contributed by atoms with Gasteiger partial charge in [-0.2, -0.15) is 0 Å². The largest absolute Gasteiger partial charge is 0.350 e. The van der Waals surface area contributed by atoms with Crippen molar-refractivity contribution in [2.24, 2.45) is 0 Å². The molecule has 1 aliphatic rings. The van der Waals surface area contributed by atoms with Crippen LogP contribution in [0.15, 0.2) is 22.7 Å². The van der Waals surface area contributed by atoms with Crippen molar-refractivity contribution in [2.75, 3.05) is 18.8 Å². The van der Waals surface area contributed by atoms with Gasteiger partial charge in [-0.05, 0) is 34.1 Å². The summed E-state index contributed by atoms with van der Waals surface area (Å²) in [4.78, 5) is 35.8. The second kappa shape index (κ2) is 6.60. The molecule has 1 saturated heterocycles. The quantitative estimate of drug-likeness (QED) is 0.875. The molecule has 1 N–H and O–H groups in total. The SMILES string of the molecule is O=C(NCCN1C(=O)CSC1=O)c1ccc(Cl)cc1Br. The van der Waals surface area contributed by atoms with Crippen molar-refractivity contribution < 1.29 is 14.4 Å². The molecule has 3 amide bonds. The lowest BCUT2D eigenvalue weighted by molar-refractivity contribution is -0.124. The van der Waals surface area contributed by atoms with E-state index in [-0.39, 0.29) is 35.9 Å². The van der Waals surface area contributed by atoms with Crippen molar-refractivity contribution in [1.29, 1.82) is 0 Å². The Bertz CT molecular complexity index is 566. The van der Waals surface area contributed by atoms with Crippen LogP contribution in [0, 0.1) is 0 Å². The Hall–Kier alpha value is -1.05. The maximum Gasteiger partial charge on any atom is 0.288 e. The van der Waals surface area contributed by atoms with E-state index in [1.165, 1.54) is 0 Å². The highest BCUT2D eigenvalue weighted by Crippen LogP contribution is 2.21. The minimum Gasteiger partial charge on any atom is -0.350 e. The predicted molar refractivity (Wildman–Crippen MR) is 81.1 cm³/mol. The van der Waals surface area contributed by atoms with E-state index in [2.05, 4.69) is 21.2 Å². The van der Waals surface area contributed by atoms with Crippen LogP contribution >= 0.6 is 39.3 Å². The smallest absolute Gasteiger partial charge is 0.288 e. The zero-order chi connectivity index (χ0) is 14.7. The molecule has 0 atom stereocenters. The average Bonchev–Trinajstić information content (AvgIpc) is 2.70. The van der Waals surface area contributed by atoms with E-state index < -0.39 is 0 Å². The first-order valence-corrected chi connectivity index (χ1v) is 7.85. The average molecular weight is 378 g/mol. The third-order valence-corrected chi connectivity index (χ3v) is 4.39. The third kappa shape index (κ3) is 3.53. The van der Waals surface area contributed by atoms with Gasteiger partial charge in [0, 0.05) is 22.6 Å². The number of nitrogens with zero attached hydrogens (tertiary/aromatic N) is 1. The molecule has 1 fully saturated rings. The van der Waals surface area contributed by atoms with Crippen LogP contribution in [-0.4, -0.2) is 40.8 Å². The number of hydrogen-bond donors (Lipinski definition) is 1. The standard InChI is InChI=1S/C12H10BrClN2O3S/c13-9-5-7(14)1-2-8(9)11(18)15-3-4-16-10(17)6-20-12(16)19/h1-2,5H,3-4,6H2,(H,15,18). The van der Waals surface area contributed by atoms with E-state index in [0.29, 0.717) is 15.1 Å². The highest BCUT2D eigenvalue weighted by molar-refractivity contribution is 9.10. The van der Waals surface area contributed by atoms with Gasteiger partial charge in [-0.1, -0.05) is 23.4 Å². The summed E-state index contributed by atoms with van der Waals surface area (Å²) in [6.45, 7) is 0.396. The van der Waals surface area contributed by atoms with Gasteiger partial charge in [-0.3, -0.25) is 19.3 Å².